The van der Waals surface area contributed by atoms with Gasteiger partial charge in [0.2, 0.25) is 10.0 Å². The van der Waals surface area contributed by atoms with Crippen LogP contribution in [0.25, 0.3) is 0 Å². The first kappa shape index (κ1) is 27.1. The van der Waals surface area contributed by atoms with E-state index in [4.69, 9.17) is 33.9 Å². The summed E-state index contributed by atoms with van der Waals surface area (Å²) in [6.07, 6.45) is 3.09. The molecule has 0 atom stereocenters. The number of nitrogens with one attached hydrogen (secondary N) is 1. The molecule has 0 aromatic carbocycles. The van der Waals surface area contributed by atoms with Crippen LogP contribution in [0, 0.1) is 5.41 Å². The molecule has 0 unspecified atom stereocenters. The standard InChI is InChI=1S/C13H21ClN2O2S.C5H3Cl2NO2S/c1-12(2,3)9-13(4,5)16-19(17,18)10-6-7-11(14)15-8-10;6-5-2-1-4(3-8-5)11(7,9)10/h6-8,16H,9H2,1-5H3;1-3H. The molecule has 30 heavy (non-hydrogen) atoms. The number of aromatic nitrogens is 2. The summed E-state index contributed by atoms with van der Waals surface area (Å²) in [7, 11) is -2.25. The maximum absolute atomic E-state index is 12.3. The highest BCUT2D eigenvalue weighted by Gasteiger charge is 2.30. The lowest BCUT2D eigenvalue weighted by molar-refractivity contribution is 0.269. The van der Waals surface area contributed by atoms with Crippen LogP contribution < -0.4 is 4.72 Å². The SMILES string of the molecule is CC(C)(C)CC(C)(C)NS(=O)(=O)c1ccc(Cl)nc1.O=S(=O)(Cl)c1ccc(Cl)nc1. The fourth-order valence-electron chi connectivity index (χ4n) is 2.81. The van der Waals surface area contributed by atoms with E-state index in [-0.39, 0.29) is 25.5 Å². The summed E-state index contributed by atoms with van der Waals surface area (Å²) in [6, 6.07) is 5.56. The predicted molar refractivity (Wildman–Crippen MR) is 120 cm³/mol. The molecule has 0 bridgehead atoms. The Balaban J connectivity index is 0.000000346. The van der Waals surface area contributed by atoms with Gasteiger partial charge in [-0.25, -0.2) is 31.5 Å². The molecular formula is C18H24Cl3N3O4S2. The van der Waals surface area contributed by atoms with Gasteiger partial charge in [-0.15, -0.1) is 0 Å². The van der Waals surface area contributed by atoms with Crippen molar-refractivity contribution in [1.82, 2.24) is 14.7 Å². The van der Waals surface area contributed by atoms with Crippen molar-refractivity contribution in [3.63, 3.8) is 0 Å². The van der Waals surface area contributed by atoms with E-state index in [1.807, 2.05) is 13.8 Å². The second-order valence-corrected chi connectivity index (χ2v) is 13.3. The first-order chi connectivity index (χ1) is 13.4. The lowest BCUT2D eigenvalue weighted by Crippen LogP contribution is -2.45. The molecule has 12 heteroatoms. The first-order valence-corrected chi connectivity index (χ1v) is 13.2. The summed E-state index contributed by atoms with van der Waals surface area (Å²) in [6.45, 7) is 9.98. The summed E-state index contributed by atoms with van der Waals surface area (Å²) >= 11 is 11.1. The van der Waals surface area contributed by atoms with E-state index in [1.54, 1.807) is 0 Å². The molecule has 2 aromatic heterocycles. The molecule has 0 radical (unpaired) electrons. The molecule has 0 saturated carbocycles. The highest BCUT2D eigenvalue weighted by molar-refractivity contribution is 8.13. The molecule has 0 fully saturated rings. The summed E-state index contributed by atoms with van der Waals surface area (Å²) in [5, 5.41) is 0.502. The number of rotatable bonds is 5. The topological polar surface area (TPSA) is 106 Å². The average molecular weight is 517 g/mol. The van der Waals surface area contributed by atoms with Gasteiger partial charge in [0.15, 0.2) is 0 Å². The summed E-state index contributed by atoms with van der Waals surface area (Å²) in [5.41, 5.74) is -0.499. The minimum absolute atomic E-state index is 0.0320. The minimum atomic E-state index is -3.67. The number of nitrogens with zero attached hydrogens (tertiary/aromatic N) is 2. The Morgan fingerprint density at radius 3 is 1.60 bits per heavy atom. The van der Waals surface area contributed by atoms with Gasteiger partial charge in [-0.1, -0.05) is 44.0 Å². The van der Waals surface area contributed by atoms with Gasteiger partial charge in [0.1, 0.15) is 20.1 Å². The van der Waals surface area contributed by atoms with E-state index in [9.17, 15) is 16.8 Å². The first-order valence-electron chi connectivity index (χ1n) is 8.63. The molecule has 0 aliphatic heterocycles. The molecule has 0 aliphatic rings. The van der Waals surface area contributed by atoms with Crippen molar-refractivity contribution in [3.05, 3.63) is 47.0 Å². The molecule has 168 valence electrons. The third kappa shape index (κ3) is 9.89. The van der Waals surface area contributed by atoms with E-state index >= 15 is 0 Å². The van der Waals surface area contributed by atoms with Crippen LogP contribution in [-0.4, -0.2) is 32.3 Å². The van der Waals surface area contributed by atoms with Crippen molar-refractivity contribution in [2.75, 3.05) is 0 Å². The van der Waals surface area contributed by atoms with Crippen molar-refractivity contribution in [1.29, 1.82) is 0 Å². The molecule has 2 heterocycles. The molecule has 0 spiro atoms. The lowest BCUT2D eigenvalue weighted by Gasteiger charge is -2.32. The van der Waals surface area contributed by atoms with Crippen molar-refractivity contribution >= 4 is 53.0 Å². The second kappa shape index (κ2) is 10.1. The van der Waals surface area contributed by atoms with Gasteiger partial charge in [-0.2, -0.15) is 0 Å². The quantitative estimate of drug-likeness (QED) is 0.448. The van der Waals surface area contributed by atoms with Crippen molar-refractivity contribution < 1.29 is 16.8 Å². The van der Waals surface area contributed by atoms with Gasteiger partial charge in [0.05, 0.1) is 0 Å². The monoisotopic (exact) mass is 515 g/mol. The van der Waals surface area contributed by atoms with Crippen LogP contribution >= 0.6 is 33.9 Å². The number of halogens is 3. The predicted octanol–water partition coefficient (Wildman–Crippen LogP) is 4.89. The number of hydrogen-bond acceptors (Lipinski definition) is 6. The summed E-state index contributed by atoms with van der Waals surface area (Å²) in [5.74, 6) is 0. The number of sulfonamides is 1. The Labute approximate surface area is 192 Å². The highest BCUT2D eigenvalue weighted by atomic mass is 35.7. The Morgan fingerprint density at radius 1 is 0.833 bits per heavy atom. The molecule has 7 nitrogen and oxygen atoms in total. The average Bonchev–Trinajstić information content (AvgIpc) is 2.52. The van der Waals surface area contributed by atoms with Gasteiger partial charge < -0.3 is 0 Å². The molecular weight excluding hydrogens is 493 g/mol. The zero-order valence-electron chi connectivity index (χ0n) is 17.1. The maximum Gasteiger partial charge on any atom is 0.262 e. The fourth-order valence-corrected chi connectivity index (χ4v) is 5.08. The van der Waals surface area contributed by atoms with E-state index < -0.39 is 24.6 Å². The molecule has 0 saturated heterocycles. The Hall–Kier alpha value is -0.970. The van der Waals surface area contributed by atoms with Crippen LogP contribution in [-0.2, 0) is 19.1 Å². The van der Waals surface area contributed by atoms with Crippen molar-refractivity contribution in [3.8, 4) is 0 Å². The van der Waals surface area contributed by atoms with E-state index in [0.717, 1.165) is 12.6 Å². The van der Waals surface area contributed by atoms with Gasteiger partial charge in [-0.05, 0) is 49.9 Å². The van der Waals surface area contributed by atoms with Crippen molar-refractivity contribution in [2.24, 2.45) is 5.41 Å². The van der Waals surface area contributed by atoms with Crippen molar-refractivity contribution in [2.45, 2.75) is 56.4 Å². The normalized spacial score (nSPS) is 12.8. The minimum Gasteiger partial charge on any atom is -0.243 e. The molecule has 0 aliphatic carbocycles. The Kier molecular flexibility index (Phi) is 9.11. The number of hydrogen-bond donors (Lipinski definition) is 1. The Morgan fingerprint density at radius 2 is 1.27 bits per heavy atom. The largest absolute Gasteiger partial charge is 0.262 e. The summed E-state index contributed by atoms with van der Waals surface area (Å²) < 4.78 is 48.5. The zero-order valence-corrected chi connectivity index (χ0v) is 21.0. The molecule has 2 rings (SSSR count). The lowest BCUT2D eigenvalue weighted by atomic mass is 9.82. The van der Waals surface area contributed by atoms with Crippen LogP contribution in [0.4, 0.5) is 0 Å². The van der Waals surface area contributed by atoms with Crippen LogP contribution in [0.5, 0.6) is 0 Å². The van der Waals surface area contributed by atoms with Crippen LogP contribution in [0.3, 0.4) is 0 Å². The van der Waals surface area contributed by atoms with Crippen LogP contribution in [0.2, 0.25) is 10.3 Å². The highest BCUT2D eigenvalue weighted by Crippen LogP contribution is 2.28. The second-order valence-electron chi connectivity index (χ2n) is 8.30. The van der Waals surface area contributed by atoms with E-state index in [2.05, 4.69) is 35.5 Å². The third-order valence-electron chi connectivity index (χ3n) is 3.38. The fraction of sp³-hybridized carbons (Fsp3) is 0.444. The molecule has 1 N–H and O–H groups in total. The maximum atomic E-state index is 12.3. The number of pyridine rings is 2. The van der Waals surface area contributed by atoms with Gasteiger partial charge in [-0.3, -0.25) is 0 Å². The molecule has 2 aromatic rings. The van der Waals surface area contributed by atoms with Crippen LogP contribution in [0.15, 0.2) is 46.5 Å². The van der Waals surface area contributed by atoms with Gasteiger partial charge in [0, 0.05) is 28.6 Å². The van der Waals surface area contributed by atoms with Crippen LogP contribution in [0.1, 0.15) is 41.0 Å². The smallest absolute Gasteiger partial charge is 0.243 e. The molecule has 0 amide bonds. The Bertz CT molecular complexity index is 1050. The van der Waals surface area contributed by atoms with Gasteiger partial charge in [0.25, 0.3) is 9.05 Å². The zero-order chi connectivity index (χ0) is 23.4. The summed E-state index contributed by atoms with van der Waals surface area (Å²) in [4.78, 5) is 7.42. The third-order valence-corrected chi connectivity index (χ3v) is 6.84. The van der Waals surface area contributed by atoms with Gasteiger partial charge >= 0.3 is 0 Å². The van der Waals surface area contributed by atoms with E-state index in [0.29, 0.717) is 0 Å². The van der Waals surface area contributed by atoms with E-state index in [1.165, 1.54) is 30.5 Å².